The van der Waals surface area contributed by atoms with Crippen LogP contribution in [0.15, 0.2) is 53.4 Å². The molecule has 2 aromatic rings. The Morgan fingerprint density at radius 2 is 1.67 bits per heavy atom. The number of hydrogen-bond donors (Lipinski definition) is 1. The highest BCUT2D eigenvalue weighted by atomic mass is 32.2. The third-order valence-corrected chi connectivity index (χ3v) is 10.0. The van der Waals surface area contributed by atoms with Gasteiger partial charge >= 0.3 is 11.9 Å². The SMILES string of the molecule is CCOC(=O)C1(C(=O)OCC)CC2CN(S(=O)(=O)c3ccc(C)cc3)CCC23c2ccccc2NC13. The van der Waals surface area contributed by atoms with E-state index < -0.39 is 38.8 Å². The molecule has 8 nitrogen and oxygen atoms in total. The third kappa shape index (κ3) is 3.39. The molecule has 2 fully saturated rings. The molecule has 192 valence electrons. The van der Waals surface area contributed by atoms with Crippen LogP contribution in [0.5, 0.6) is 0 Å². The van der Waals surface area contributed by atoms with Gasteiger partial charge in [0.05, 0.1) is 24.2 Å². The second-order valence-corrected chi connectivity index (χ2v) is 11.8. The summed E-state index contributed by atoms with van der Waals surface area (Å²) in [5.74, 6) is -1.52. The van der Waals surface area contributed by atoms with Crippen molar-refractivity contribution in [1.82, 2.24) is 4.31 Å². The molecule has 0 aromatic heterocycles. The molecule has 2 aliphatic heterocycles. The van der Waals surface area contributed by atoms with Crippen molar-refractivity contribution in [2.75, 3.05) is 31.6 Å². The molecule has 5 rings (SSSR count). The van der Waals surface area contributed by atoms with Crippen molar-refractivity contribution in [3.63, 3.8) is 0 Å². The van der Waals surface area contributed by atoms with Crippen molar-refractivity contribution in [2.24, 2.45) is 11.3 Å². The molecule has 0 bridgehead atoms. The van der Waals surface area contributed by atoms with E-state index in [1.807, 2.05) is 31.2 Å². The van der Waals surface area contributed by atoms with E-state index in [1.54, 1.807) is 38.1 Å². The van der Waals surface area contributed by atoms with E-state index in [4.69, 9.17) is 9.47 Å². The van der Waals surface area contributed by atoms with Crippen molar-refractivity contribution >= 4 is 27.6 Å². The highest BCUT2D eigenvalue weighted by molar-refractivity contribution is 7.89. The first-order valence-electron chi connectivity index (χ1n) is 12.5. The molecule has 1 saturated carbocycles. The summed E-state index contributed by atoms with van der Waals surface area (Å²) in [4.78, 5) is 27.3. The zero-order chi connectivity index (χ0) is 25.7. The number of aryl methyl sites for hydroxylation is 1. The van der Waals surface area contributed by atoms with Gasteiger partial charge in [0.15, 0.2) is 5.41 Å². The fourth-order valence-electron chi connectivity index (χ4n) is 6.60. The summed E-state index contributed by atoms with van der Waals surface area (Å²) < 4.78 is 39.6. The Balaban J connectivity index is 1.61. The maximum atomic E-state index is 13.6. The van der Waals surface area contributed by atoms with Crippen LogP contribution in [0.1, 0.15) is 37.8 Å². The van der Waals surface area contributed by atoms with Gasteiger partial charge in [0.2, 0.25) is 10.0 Å². The van der Waals surface area contributed by atoms with Gasteiger partial charge in [0.25, 0.3) is 0 Å². The van der Waals surface area contributed by atoms with Gasteiger partial charge < -0.3 is 14.8 Å². The van der Waals surface area contributed by atoms with Crippen molar-refractivity contribution in [2.45, 2.75) is 50.0 Å². The standard InChI is InChI=1S/C27H32N2O6S/c1-4-34-24(30)27(25(31)35-5-2)16-19-17-29(36(32,33)20-12-10-18(3)11-13-20)15-14-26(19)21-8-6-7-9-22(21)28-23(26)27/h6-13,19,23,28H,4-5,14-17H2,1-3H3. The summed E-state index contributed by atoms with van der Waals surface area (Å²) in [5, 5.41) is 3.48. The summed E-state index contributed by atoms with van der Waals surface area (Å²) in [7, 11) is -3.74. The first-order chi connectivity index (χ1) is 17.2. The topological polar surface area (TPSA) is 102 Å². The number of fused-ring (bicyclic) bond motifs is 1. The molecule has 36 heavy (non-hydrogen) atoms. The number of carbonyl (C=O) groups excluding carboxylic acids is 2. The summed E-state index contributed by atoms with van der Waals surface area (Å²) in [6.07, 6.45) is 0.620. The fraction of sp³-hybridized carbons (Fsp3) is 0.481. The Hall–Kier alpha value is -2.91. The van der Waals surface area contributed by atoms with Crippen LogP contribution in [-0.4, -0.2) is 57.0 Å². The minimum atomic E-state index is -3.74. The van der Waals surface area contributed by atoms with Crippen LogP contribution in [-0.2, 0) is 34.5 Å². The second kappa shape index (κ2) is 8.88. The quantitative estimate of drug-likeness (QED) is 0.468. The number of sulfonamides is 1. The Morgan fingerprint density at radius 3 is 2.31 bits per heavy atom. The number of esters is 2. The Morgan fingerprint density at radius 1 is 1.03 bits per heavy atom. The van der Waals surface area contributed by atoms with E-state index in [-0.39, 0.29) is 43.5 Å². The molecule has 0 radical (unpaired) electrons. The number of ether oxygens (including phenoxy) is 2. The van der Waals surface area contributed by atoms with Gasteiger partial charge in [-0.2, -0.15) is 4.31 Å². The smallest absolute Gasteiger partial charge is 0.325 e. The van der Waals surface area contributed by atoms with E-state index in [0.717, 1.165) is 16.8 Å². The molecule has 3 unspecified atom stereocenters. The van der Waals surface area contributed by atoms with Crippen molar-refractivity contribution in [3.8, 4) is 0 Å². The predicted octanol–water partition coefficient (Wildman–Crippen LogP) is 3.25. The van der Waals surface area contributed by atoms with Gasteiger partial charge in [0.1, 0.15) is 0 Å². The van der Waals surface area contributed by atoms with E-state index >= 15 is 0 Å². The van der Waals surface area contributed by atoms with Gasteiger partial charge in [-0.1, -0.05) is 35.9 Å². The number of anilines is 1. The number of hydrogen-bond acceptors (Lipinski definition) is 7. The lowest BCUT2D eigenvalue weighted by Crippen LogP contribution is -2.57. The lowest BCUT2D eigenvalue weighted by atomic mass is 9.66. The van der Waals surface area contributed by atoms with E-state index in [2.05, 4.69) is 5.32 Å². The number of nitrogens with zero attached hydrogens (tertiary/aromatic N) is 1. The highest BCUT2D eigenvalue weighted by Crippen LogP contribution is 2.64. The Kier molecular flexibility index (Phi) is 6.11. The van der Waals surface area contributed by atoms with Gasteiger partial charge in [-0.3, -0.25) is 9.59 Å². The van der Waals surface area contributed by atoms with Crippen molar-refractivity contribution < 1.29 is 27.5 Å². The summed E-state index contributed by atoms with van der Waals surface area (Å²) in [6, 6.07) is 14.0. The lowest BCUT2D eigenvalue weighted by Gasteiger charge is -2.44. The molecule has 9 heteroatoms. The molecule has 2 heterocycles. The average molecular weight is 513 g/mol. The van der Waals surface area contributed by atoms with Gasteiger partial charge in [0, 0.05) is 24.2 Å². The van der Waals surface area contributed by atoms with Crippen LogP contribution in [0.2, 0.25) is 0 Å². The first kappa shape index (κ1) is 24.8. The zero-order valence-corrected chi connectivity index (χ0v) is 21.6. The number of nitrogens with one attached hydrogen (secondary N) is 1. The Labute approximate surface area is 212 Å². The monoisotopic (exact) mass is 512 g/mol. The van der Waals surface area contributed by atoms with E-state index in [0.29, 0.717) is 6.42 Å². The fourth-order valence-corrected chi connectivity index (χ4v) is 8.09. The van der Waals surface area contributed by atoms with Gasteiger partial charge in [-0.25, -0.2) is 8.42 Å². The Bertz CT molecular complexity index is 1270. The largest absolute Gasteiger partial charge is 0.465 e. The van der Waals surface area contributed by atoms with Crippen LogP contribution in [0, 0.1) is 18.3 Å². The molecular formula is C27H32N2O6S. The normalized spacial score (nSPS) is 26.3. The van der Waals surface area contributed by atoms with Gasteiger partial charge in [-0.05, 0) is 63.3 Å². The number of carbonyl (C=O) groups is 2. The number of benzene rings is 2. The summed E-state index contributed by atoms with van der Waals surface area (Å²) in [6.45, 7) is 6.07. The maximum absolute atomic E-state index is 13.6. The summed E-state index contributed by atoms with van der Waals surface area (Å²) in [5.41, 5.74) is 0.685. The second-order valence-electron chi connectivity index (χ2n) is 9.90. The zero-order valence-electron chi connectivity index (χ0n) is 20.8. The van der Waals surface area contributed by atoms with Crippen LogP contribution >= 0.6 is 0 Å². The van der Waals surface area contributed by atoms with Crippen LogP contribution in [0.4, 0.5) is 5.69 Å². The molecule has 1 saturated heterocycles. The maximum Gasteiger partial charge on any atom is 0.325 e. The molecule has 3 aliphatic rings. The van der Waals surface area contributed by atoms with Crippen molar-refractivity contribution in [3.05, 3.63) is 59.7 Å². The predicted molar refractivity (Wildman–Crippen MR) is 134 cm³/mol. The number of para-hydroxylation sites is 1. The molecule has 2 aromatic carbocycles. The molecule has 0 amide bonds. The highest BCUT2D eigenvalue weighted by Gasteiger charge is 2.74. The van der Waals surface area contributed by atoms with Crippen LogP contribution in [0.3, 0.4) is 0 Å². The van der Waals surface area contributed by atoms with E-state index in [9.17, 15) is 18.0 Å². The van der Waals surface area contributed by atoms with E-state index in [1.165, 1.54) is 4.31 Å². The number of piperidine rings is 1. The minimum absolute atomic E-state index is 0.130. The lowest BCUT2D eigenvalue weighted by molar-refractivity contribution is -0.172. The molecule has 1 spiro atoms. The average Bonchev–Trinajstić information content (AvgIpc) is 3.34. The van der Waals surface area contributed by atoms with Crippen molar-refractivity contribution in [1.29, 1.82) is 0 Å². The third-order valence-electron chi connectivity index (χ3n) is 8.17. The number of rotatable bonds is 6. The molecule has 1 N–H and O–H groups in total. The van der Waals surface area contributed by atoms with Crippen LogP contribution < -0.4 is 5.32 Å². The first-order valence-corrected chi connectivity index (χ1v) is 13.9. The molecular weight excluding hydrogens is 480 g/mol. The minimum Gasteiger partial charge on any atom is -0.465 e. The van der Waals surface area contributed by atoms with Crippen LogP contribution in [0.25, 0.3) is 0 Å². The summed E-state index contributed by atoms with van der Waals surface area (Å²) >= 11 is 0. The molecule has 1 aliphatic carbocycles. The molecule has 3 atom stereocenters. The van der Waals surface area contributed by atoms with Gasteiger partial charge in [-0.15, -0.1) is 0 Å².